The van der Waals surface area contributed by atoms with E-state index in [1.807, 2.05) is 60.7 Å². The van der Waals surface area contributed by atoms with Crippen molar-refractivity contribution < 1.29 is 8.42 Å². The number of nitrogens with zero attached hydrogens (tertiary/aromatic N) is 3. The molecule has 6 nitrogen and oxygen atoms in total. The molecule has 0 amide bonds. The highest BCUT2D eigenvalue weighted by molar-refractivity contribution is 7.91. The van der Waals surface area contributed by atoms with Gasteiger partial charge in [0.05, 0.1) is 21.2 Å². The summed E-state index contributed by atoms with van der Waals surface area (Å²) in [5.74, 6) is 0. The maximum absolute atomic E-state index is 12.4. The Bertz CT molecular complexity index is 1500. The first-order chi connectivity index (χ1) is 17.9. The minimum atomic E-state index is -3.30. The van der Waals surface area contributed by atoms with E-state index in [-0.39, 0.29) is 0 Å². The van der Waals surface area contributed by atoms with Crippen LogP contribution < -0.4 is 5.32 Å². The molecule has 0 saturated carbocycles. The lowest BCUT2D eigenvalue weighted by molar-refractivity contribution is 0.479. The molecule has 0 aliphatic carbocycles. The van der Waals surface area contributed by atoms with Gasteiger partial charge in [-0.05, 0) is 66.9 Å². The van der Waals surface area contributed by atoms with E-state index in [2.05, 4.69) is 10.3 Å². The number of anilines is 1. The standard InChI is InChI=1S/C14H10Cl2N2.C13H14N2O2S2/c15-13-4-2-1-3-11(13)9-18-12-6-5-10(8-17)14(16)7-12;16-19(17,15-9-3-4-10-15)13-7-6-12(18-13)11-5-1-2-8-14-11/h1-7,18H,9H2;1-2,5-8H,3-4,9-10H2. The minimum Gasteiger partial charge on any atom is -0.381 e. The number of nitriles is 1. The number of rotatable bonds is 6. The highest BCUT2D eigenvalue weighted by Crippen LogP contribution is 2.32. The number of halogens is 2. The quantitative estimate of drug-likeness (QED) is 0.268. The Morgan fingerprint density at radius 3 is 2.41 bits per heavy atom. The van der Waals surface area contributed by atoms with Crippen LogP contribution in [-0.2, 0) is 16.6 Å². The lowest BCUT2D eigenvalue weighted by Gasteiger charge is -2.13. The summed E-state index contributed by atoms with van der Waals surface area (Å²) in [5.41, 5.74) is 3.16. The van der Waals surface area contributed by atoms with Crippen LogP contribution in [-0.4, -0.2) is 30.8 Å². The van der Waals surface area contributed by atoms with Gasteiger partial charge in [0.25, 0.3) is 10.0 Å². The Morgan fingerprint density at radius 1 is 0.973 bits per heavy atom. The first-order valence-corrected chi connectivity index (χ1v) is 14.6. The van der Waals surface area contributed by atoms with Crippen molar-refractivity contribution in [1.82, 2.24) is 9.29 Å². The highest BCUT2D eigenvalue weighted by Gasteiger charge is 2.28. The average Bonchev–Trinajstić information content (AvgIpc) is 3.63. The number of aromatic nitrogens is 1. The molecule has 1 N–H and O–H groups in total. The monoisotopic (exact) mass is 570 g/mol. The molecule has 0 atom stereocenters. The van der Waals surface area contributed by atoms with Gasteiger partial charge in [-0.2, -0.15) is 9.57 Å². The maximum Gasteiger partial charge on any atom is 0.252 e. The lowest BCUT2D eigenvalue weighted by atomic mass is 10.2. The number of hydrogen-bond acceptors (Lipinski definition) is 6. The van der Waals surface area contributed by atoms with Gasteiger partial charge in [0, 0.05) is 36.5 Å². The first-order valence-electron chi connectivity index (χ1n) is 11.6. The van der Waals surface area contributed by atoms with E-state index in [0.29, 0.717) is 34.4 Å². The van der Waals surface area contributed by atoms with Crippen LogP contribution in [0.4, 0.5) is 5.69 Å². The van der Waals surface area contributed by atoms with Crippen LogP contribution in [0.3, 0.4) is 0 Å². The molecule has 1 fully saturated rings. The van der Waals surface area contributed by atoms with Crippen molar-refractivity contribution >= 4 is 50.2 Å². The van der Waals surface area contributed by atoms with Gasteiger partial charge in [-0.25, -0.2) is 8.42 Å². The molecule has 2 aromatic heterocycles. The van der Waals surface area contributed by atoms with E-state index in [1.165, 1.54) is 11.3 Å². The molecule has 0 unspecified atom stereocenters. The minimum absolute atomic E-state index is 0.412. The van der Waals surface area contributed by atoms with Gasteiger partial charge in [0.2, 0.25) is 0 Å². The second-order valence-corrected chi connectivity index (χ2v) is 12.3. The van der Waals surface area contributed by atoms with Crippen LogP contribution in [0, 0.1) is 11.3 Å². The zero-order valence-electron chi connectivity index (χ0n) is 19.8. The summed E-state index contributed by atoms with van der Waals surface area (Å²) >= 11 is 13.3. The molecule has 5 rings (SSSR count). The zero-order valence-corrected chi connectivity index (χ0v) is 22.9. The third-order valence-electron chi connectivity index (χ3n) is 5.69. The van der Waals surface area contributed by atoms with Gasteiger partial charge in [0.1, 0.15) is 10.3 Å². The summed E-state index contributed by atoms with van der Waals surface area (Å²) in [7, 11) is -3.30. The Morgan fingerprint density at radius 2 is 1.73 bits per heavy atom. The van der Waals surface area contributed by atoms with E-state index >= 15 is 0 Å². The number of pyridine rings is 1. The van der Waals surface area contributed by atoms with Gasteiger partial charge in [0.15, 0.2) is 0 Å². The van der Waals surface area contributed by atoms with E-state index < -0.39 is 10.0 Å². The highest BCUT2D eigenvalue weighted by atomic mass is 35.5. The number of nitrogens with one attached hydrogen (secondary N) is 1. The number of hydrogen-bond donors (Lipinski definition) is 1. The van der Waals surface area contributed by atoms with E-state index in [9.17, 15) is 8.42 Å². The fourth-order valence-corrected chi connectivity index (χ4v) is 7.10. The van der Waals surface area contributed by atoms with Crippen molar-refractivity contribution in [2.75, 3.05) is 18.4 Å². The van der Waals surface area contributed by atoms with Crippen LogP contribution in [0.5, 0.6) is 0 Å². The SMILES string of the molecule is N#Cc1ccc(NCc2ccccc2Cl)cc1Cl.O=S(=O)(c1ccc(-c2ccccn2)s1)N1CCCC1. The van der Waals surface area contributed by atoms with E-state index in [1.54, 1.807) is 28.7 Å². The second kappa shape index (κ2) is 12.5. The second-order valence-electron chi connectivity index (χ2n) is 8.20. The van der Waals surface area contributed by atoms with Crippen LogP contribution in [0.25, 0.3) is 10.6 Å². The fourth-order valence-electron chi connectivity index (χ4n) is 3.72. The lowest BCUT2D eigenvalue weighted by Crippen LogP contribution is -2.27. The van der Waals surface area contributed by atoms with E-state index in [4.69, 9.17) is 28.5 Å². The Labute approximate surface area is 231 Å². The van der Waals surface area contributed by atoms with Gasteiger partial charge < -0.3 is 5.32 Å². The smallest absolute Gasteiger partial charge is 0.252 e. The normalized spacial score (nSPS) is 13.4. The zero-order chi connectivity index (χ0) is 26.3. The van der Waals surface area contributed by atoms with Crippen LogP contribution in [0.15, 0.2) is 83.2 Å². The van der Waals surface area contributed by atoms with Gasteiger partial charge in [-0.15, -0.1) is 11.3 Å². The van der Waals surface area contributed by atoms with Crippen molar-refractivity contribution in [3.05, 3.63) is 100 Å². The molecule has 1 aliphatic heterocycles. The molecule has 0 bridgehead atoms. The number of thiophene rings is 1. The van der Waals surface area contributed by atoms with Crippen molar-refractivity contribution in [3.63, 3.8) is 0 Å². The summed E-state index contributed by atoms with van der Waals surface area (Å²) in [6.45, 7) is 1.89. The predicted octanol–water partition coefficient (Wildman–Crippen LogP) is 7.07. The maximum atomic E-state index is 12.4. The molecule has 0 radical (unpaired) electrons. The van der Waals surface area contributed by atoms with Crippen molar-refractivity contribution in [2.45, 2.75) is 23.6 Å². The molecular weight excluding hydrogens is 547 g/mol. The summed E-state index contributed by atoms with van der Waals surface area (Å²) in [6, 6.07) is 24.1. The van der Waals surface area contributed by atoms with E-state index in [0.717, 1.165) is 39.7 Å². The Balaban J connectivity index is 0.000000173. The van der Waals surface area contributed by atoms with Crippen LogP contribution >= 0.6 is 34.5 Å². The molecule has 4 aromatic rings. The summed E-state index contributed by atoms with van der Waals surface area (Å²) in [6.07, 6.45) is 3.62. The molecule has 190 valence electrons. The van der Waals surface area contributed by atoms with Crippen molar-refractivity contribution in [3.8, 4) is 16.6 Å². The third kappa shape index (κ3) is 6.89. The Hall–Kier alpha value is -2.93. The van der Waals surface area contributed by atoms with Gasteiger partial charge in [-0.1, -0.05) is 47.5 Å². The van der Waals surface area contributed by atoms with Gasteiger partial charge >= 0.3 is 0 Å². The summed E-state index contributed by atoms with van der Waals surface area (Å²) in [4.78, 5) is 5.13. The predicted molar refractivity (Wildman–Crippen MR) is 150 cm³/mol. The molecule has 0 spiro atoms. The fraction of sp³-hybridized carbons (Fsp3) is 0.185. The molecule has 1 aliphatic rings. The summed E-state index contributed by atoms with van der Waals surface area (Å²) < 4.78 is 26.8. The molecule has 2 aromatic carbocycles. The van der Waals surface area contributed by atoms with Crippen molar-refractivity contribution in [1.29, 1.82) is 5.26 Å². The number of sulfonamides is 1. The molecule has 1 saturated heterocycles. The molecule has 10 heteroatoms. The molecule has 3 heterocycles. The molecular formula is C27H24Cl2N4O2S2. The third-order valence-corrected chi connectivity index (χ3v) is 9.84. The topological polar surface area (TPSA) is 86.1 Å². The largest absolute Gasteiger partial charge is 0.381 e. The van der Waals surface area contributed by atoms with Crippen LogP contribution in [0.2, 0.25) is 10.0 Å². The molecule has 37 heavy (non-hydrogen) atoms. The number of benzene rings is 2. The van der Waals surface area contributed by atoms with Crippen LogP contribution in [0.1, 0.15) is 24.0 Å². The van der Waals surface area contributed by atoms with Crippen molar-refractivity contribution in [2.24, 2.45) is 0 Å². The average molecular weight is 572 g/mol. The summed E-state index contributed by atoms with van der Waals surface area (Å²) in [5, 5.41) is 13.2. The Kier molecular flexibility index (Phi) is 9.19. The van der Waals surface area contributed by atoms with Gasteiger partial charge in [-0.3, -0.25) is 4.98 Å². The first kappa shape index (κ1) is 27.1.